The lowest BCUT2D eigenvalue weighted by atomic mass is 9.93. The molecule has 0 saturated carbocycles. The van der Waals surface area contributed by atoms with Crippen molar-refractivity contribution in [2.75, 3.05) is 0 Å². The van der Waals surface area contributed by atoms with Crippen LogP contribution in [-0.2, 0) is 26.9 Å². The van der Waals surface area contributed by atoms with Gasteiger partial charge in [-0.15, -0.1) is 0 Å². The molecule has 0 saturated heterocycles. The van der Waals surface area contributed by atoms with Gasteiger partial charge in [0.1, 0.15) is 11.4 Å². The first-order valence-corrected chi connectivity index (χ1v) is 15.8. The van der Waals surface area contributed by atoms with Crippen molar-refractivity contribution in [2.45, 2.75) is 73.3 Å². The molecule has 0 aliphatic carbocycles. The molecule has 4 rings (SSSR count). The number of nitro benzene ring substituents is 2. The molecule has 48 heavy (non-hydrogen) atoms. The van der Waals surface area contributed by atoms with Gasteiger partial charge < -0.3 is 5.11 Å². The van der Waals surface area contributed by atoms with Crippen molar-refractivity contribution in [1.82, 2.24) is 19.6 Å². The van der Waals surface area contributed by atoms with Gasteiger partial charge in [-0.25, -0.2) is 0 Å². The number of hydrogen-bond donors (Lipinski definition) is 1. The van der Waals surface area contributed by atoms with Gasteiger partial charge in [-0.05, 0) is 78.4 Å². The second-order valence-electron chi connectivity index (χ2n) is 14.1. The normalized spacial score (nSPS) is 11.5. The van der Waals surface area contributed by atoms with E-state index < -0.39 is 16.0 Å². The Morgan fingerprint density at radius 3 is 1.44 bits per heavy atom. The molecule has 0 aliphatic heterocycles. The van der Waals surface area contributed by atoms with Gasteiger partial charge in [0, 0.05) is 72.7 Å². The van der Waals surface area contributed by atoms with E-state index >= 15 is 0 Å². The van der Waals surface area contributed by atoms with E-state index in [2.05, 4.69) is 33.9 Å². The highest BCUT2D eigenvalue weighted by atomic mass is 16.6. The summed E-state index contributed by atoms with van der Waals surface area (Å²) in [5.74, 6) is 12.8. The molecule has 2 aromatic heterocycles. The topological polar surface area (TPSA) is 142 Å². The summed E-state index contributed by atoms with van der Waals surface area (Å²) >= 11 is 0. The average Bonchev–Trinajstić information content (AvgIpc) is 3.57. The molecule has 0 atom stereocenters. The van der Waals surface area contributed by atoms with Gasteiger partial charge in [0.25, 0.3) is 11.4 Å². The van der Waals surface area contributed by atoms with Crippen LogP contribution < -0.4 is 0 Å². The third-order valence-corrected chi connectivity index (χ3v) is 7.41. The van der Waals surface area contributed by atoms with Gasteiger partial charge in [0.05, 0.1) is 27.1 Å². The molecular weight excluding hydrogens is 608 g/mol. The highest BCUT2D eigenvalue weighted by molar-refractivity contribution is 5.73. The third-order valence-electron chi connectivity index (χ3n) is 7.41. The molecule has 0 spiro atoms. The van der Waals surface area contributed by atoms with Crippen LogP contribution in [0.1, 0.15) is 76.6 Å². The molecule has 1 N–H and O–H groups in total. The van der Waals surface area contributed by atoms with E-state index in [0.29, 0.717) is 59.3 Å². The highest BCUT2D eigenvalue weighted by Gasteiger charge is 2.21. The van der Waals surface area contributed by atoms with Gasteiger partial charge in [0.2, 0.25) is 0 Å². The van der Waals surface area contributed by atoms with Crippen LogP contribution in [0.5, 0.6) is 0 Å². The molecule has 250 valence electrons. The van der Waals surface area contributed by atoms with Gasteiger partial charge in [-0.2, -0.15) is 10.2 Å². The van der Waals surface area contributed by atoms with Crippen molar-refractivity contribution in [1.29, 1.82) is 0 Å². The fourth-order valence-corrected chi connectivity index (χ4v) is 5.09. The Labute approximate surface area is 281 Å². The van der Waals surface area contributed by atoms with Crippen molar-refractivity contribution in [2.24, 2.45) is 24.9 Å². The fraction of sp³-hybridized carbons (Fsp3) is 0.405. The second kappa shape index (κ2) is 14.2. The van der Waals surface area contributed by atoms with Crippen LogP contribution in [0.3, 0.4) is 0 Å². The largest absolute Gasteiger partial charge is 0.393 e. The summed E-state index contributed by atoms with van der Waals surface area (Å²) in [6, 6.07) is 9.39. The Hall–Kier alpha value is -5.26. The number of nitro groups is 2. The first kappa shape index (κ1) is 35.6. The van der Waals surface area contributed by atoms with E-state index in [4.69, 9.17) is 0 Å². The Kier molecular flexibility index (Phi) is 10.6. The van der Waals surface area contributed by atoms with Crippen LogP contribution in [0.2, 0.25) is 0 Å². The smallest absolute Gasteiger partial charge is 0.270 e. The maximum Gasteiger partial charge on any atom is 0.270 e. The molecule has 0 radical (unpaired) electrons. The van der Waals surface area contributed by atoms with E-state index in [1.807, 2.05) is 41.5 Å². The SMILES string of the molecule is Cn1cc(C#CC(C)(C)C)c(-c2cc([N+](=O)[O-])ccc2CCC(O)CCc2ccc([N+](=O)[O-])cc2-c2nn(C)cc2C#CC(C)(C)C)n1. The number of nitrogens with zero attached hydrogens (tertiary/aromatic N) is 6. The maximum absolute atomic E-state index is 11.7. The molecule has 11 nitrogen and oxygen atoms in total. The summed E-state index contributed by atoms with van der Waals surface area (Å²) in [5, 5.41) is 43.7. The van der Waals surface area contributed by atoms with E-state index in [0.717, 1.165) is 11.1 Å². The number of aromatic nitrogens is 4. The number of aliphatic hydroxyl groups excluding tert-OH is 1. The number of aryl methyl sites for hydroxylation is 4. The van der Waals surface area contributed by atoms with Crippen LogP contribution in [0, 0.1) is 54.7 Å². The monoisotopic (exact) mass is 650 g/mol. The molecule has 0 bridgehead atoms. The lowest BCUT2D eigenvalue weighted by molar-refractivity contribution is -0.385. The number of non-ortho nitro benzene ring substituents is 2. The molecule has 0 unspecified atom stereocenters. The molecule has 11 heteroatoms. The summed E-state index contributed by atoms with van der Waals surface area (Å²) in [6.07, 6.45) is 4.53. The Bertz CT molecular complexity index is 1830. The zero-order valence-electron chi connectivity index (χ0n) is 28.8. The highest BCUT2D eigenvalue weighted by Crippen LogP contribution is 2.33. The molecule has 4 aromatic rings. The molecule has 2 aromatic carbocycles. The predicted octanol–water partition coefficient (Wildman–Crippen LogP) is 7.03. The Morgan fingerprint density at radius 2 is 1.10 bits per heavy atom. The summed E-state index contributed by atoms with van der Waals surface area (Å²) in [7, 11) is 3.56. The third kappa shape index (κ3) is 9.40. The van der Waals surface area contributed by atoms with Crippen LogP contribution in [0.25, 0.3) is 22.5 Å². The van der Waals surface area contributed by atoms with Crippen molar-refractivity contribution in [3.8, 4) is 46.2 Å². The molecule has 0 aliphatic rings. The van der Waals surface area contributed by atoms with Crippen LogP contribution in [0.4, 0.5) is 11.4 Å². The number of hydrogen-bond acceptors (Lipinski definition) is 7. The standard InChI is InChI=1S/C37H42N6O5/c1-36(2,3)19-17-27-23-40(7)38-34(27)32-21-29(42(45)46)13-9-25(32)11-15-31(44)16-12-26-10-14-30(43(47)48)22-33(26)35-28(24-41(8)39-35)18-20-37(4,5)6/h9-10,13-14,21-24,31,44H,11-12,15-16H2,1-8H3. The summed E-state index contributed by atoms with van der Waals surface area (Å²) in [5.41, 5.74) is 4.67. The van der Waals surface area contributed by atoms with Crippen LogP contribution in [0.15, 0.2) is 48.8 Å². The van der Waals surface area contributed by atoms with Gasteiger partial charge in [-0.1, -0.05) is 35.8 Å². The lowest BCUT2D eigenvalue weighted by Crippen LogP contribution is -2.10. The molecule has 0 amide bonds. The second-order valence-corrected chi connectivity index (χ2v) is 14.1. The van der Waals surface area contributed by atoms with E-state index in [1.54, 1.807) is 48.0 Å². The Balaban J connectivity index is 1.60. The first-order chi connectivity index (χ1) is 22.4. The van der Waals surface area contributed by atoms with Crippen molar-refractivity contribution >= 4 is 11.4 Å². The maximum atomic E-state index is 11.7. The Morgan fingerprint density at radius 1 is 0.729 bits per heavy atom. The minimum absolute atomic E-state index is 0.0542. The minimum atomic E-state index is -0.719. The molecule has 0 fully saturated rings. The fourth-order valence-electron chi connectivity index (χ4n) is 5.09. The van der Waals surface area contributed by atoms with E-state index in [9.17, 15) is 25.3 Å². The van der Waals surface area contributed by atoms with Crippen LogP contribution >= 0.6 is 0 Å². The van der Waals surface area contributed by atoms with Crippen molar-refractivity contribution in [3.63, 3.8) is 0 Å². The summed E-state index contributed by atoms with van der Waals surface area (Å²) < 4.78 is 3.28. The summed E-state index contributed by atoms with van der Waals surface area (Å²) in [6.45, 7) is 12.0. The van der Waals surface area contributed by atoms with Crippen LogP contribution in [-0.4, -0.2) is 40.6 Å². The zero-order chi connectivity index (χ0) is 35.4. The molecule has 2 heterocycles. The zero-order valence-corrected chi connectivity index (χ0v) is 28.8. The summed E-state index contributed by atoms with van der Waals surface area (Å²) in [4.78, 5) is 22.5. The average molecular weight is 651 g/mol. The van der Waals surface area contributed by atoms with E-state index in [-0.39, 0.29) is 22.2 Å². The number of benzene rings is 2. The molecular formula is C37H42N6O5. The van der Waals surface area contributed by atoms with E-state index in [1.165, 1.54) is 24.3 Å². The number of rotatable bonds is 10. The van der Waals surface area contributed by atoms with Gasteiger partial charge >= 0.3 is 0 Å². The van der Waals surface area contributed by atoms with Gasteiger partial charge in [-0.3, -0.25) is 29.6 Å². The lowest BCUT2D eigenvalue weighted by Gasteiger charge is -2.14. The predicted molar refractivity (Wildman–Crippen MR) is 186 cm³/mol. The van der Waals surface area contributed by atoms with Crippen molar-refractivity contribution < 1.29 is 15.0 Å². The minimum Gasteiger partial charge on any atom is -0.393 e. The first-order valence-electron chi connectivity index (χ1n) is 15.8. The van der Waals surface area contributed by atoms with Crippen molar-refractivity contribution in [3.05, 3.63) is 91.3 Å². The quantitative estimate of drug-likeness (QED) is 0.110. The van der Waals surface area contributed by atoms with Gasteiger partial charge in [0.15, 0.2) is 0 Å². The number of aliphatic hydroxyl groups is 1.